The summed E-state index contributed by atoms with van der Waals surface area (Å²) in [5.41, 5.74) is 2.38. The number of benzene rings is 1. The van der Waals surface area contributed by atoms with Crippen LogP contribution in [0.15, 0.2) is 64.3 Å². The number of thiophene rings is 1. The Bertz CT molecular complexity index is 1070. The van der Waals surface area contributed by atoms with E-state index in [1.165, 1.54) is 6.07 Å². The topological polar surface area (TPSA) is 64.6 Å². The third-order valence-electron chi connectivity index (χ3n) is 5.87. The van der Waals surface area contributed by atoms with E-state index in [2.05, 4.69) is 5.32 Å². The first-order chi connectivity index (χ1) is 15.5. The first-order valence-electron chi connectivity index (χ1n) is 10.8. The summed E-state index contributed by atoms with van der Waals surface area (Å²) in [5.74, 6) is -1.82. The number of carbonyl (C=O) groups is 2. The molecule has 5 nitrogen and oxygen atoms in total. The lowest BCUT2D eigenvalue weighted by Gasteiger charge is -2.36. The summed E-state index contributed by atoms with van der Waals surface area (Å²) in [5, 5.41) is 5.28. The van der Waals surface area contributed by atoms with Crippen LogP contribution in [0.5, 0.6) is 0 Å². The molecule has 1 aliphatic carbocycles. The van der Waals surface area contributed by atoms with Crippen molar-refractivity contribution in [3.05, 3.63) is 80.6 Å². The lowest BCUT2D eigenvalue weighted by Crippen LogP contribution is -2.36. The van der Waals surface area contributed by atoms with E-state index in [1.807, 2.05) is 24.4 Å². The molecule has 0 spiro atoms. The Morgan fingerprint density at radius 2 is 2.00 bits per heavy atom. The first-order valence-corrected chi connectivity index (χ1v) is 11.7. The number of rotatable bonds is 7. The van der Waals surface area contributed by atoms with Crippen molar-refractivity contribution in [3.8, 4) is 0 Å². The third kappa shape index (κ3) is 4.40. The Balaban J connectivity index is 1.73. The molecule has 1 N–H and O–H groups in total. The molecule has 2 aliphatic rings. The van der Waals surface area contributed by atoms with Crippen LogP contribution in [-0.4, -0.2) is 31.6 Å². The zero-order valence-electron chi connectivity index (χ0n) is 18.2. The predicted octanol–water partition coefficient (Wildman–Crippen LogP) is 4.83. The fraction of sp³-hybridized carbons (Fsp3) is 0.360. The van der Waals surface area contributed by atoms with Gasteiger partial charge in [-0.1, -0.05) is 24.3 Å². The van der Waals surface area contributed by atoms with Gasteiger partial charge >= 0.3 is 5.97 Å². The molecule has 168 valence electrons. The summed E-state index contributed by atoms with van der Waals surface area (Å²) in [6.07, 6.45) is 0.967. The van der Waals surface area contributed by atoms with E-state index in [-0.39, 0.29) is 30.5 Å². The van der Waals surface area contributed by atoms with Crippen LogP contribution in [-0.2, 0) is 19.1 Å². The van der Waals surface area contributed by atoms with Crippen LogP contribution in [0.2, 0.25) is 0 Å². The molecule has 0 radical (unpaired) electrons. The standard InChI is InChI=1S/C25H26FNO4S/c1-3-30-10-11-31-25(29)22-15(2)27-19-13-16(21-9-6-12-32-21)14-20(28)24(19)23(22)17-7-4-5-8-18(17)26/h4-9,12,16,23,27H,3,10-11,13-14H2,1-2H3/t16-,23+/m1/s1. The number of carbonyl (C=O) groups excluding carboxylic acids is 2. The van der Waals surface area contributed by atoms with Crippen LogP contribution in [0.1, 0.15) is 49.0 Å². The van der Waals surface area contributed by atoms with Crippen LogP contribution < -0.4 is 5.32 Å². The number of hydrogen-bond donors (Lipinski definition) is 1. The number of hydrogen-bond acceptors (Lipinski definition) is 6. The van der Waals surface area contributed by atoms with Gasteiger partial charge in [-0.3, -0.25) is 4.79 Å². The third-order valence-corrected chi connectivity index (χ3v) is 6.91. The average molecular weight is 456 g/mol. The molecule has 2 aromatic rings. The second-order valence-electron chi connectivity index (χ2n) is 7.89. The normalized spacial score (nSPS) is 20.8. The predicted molar refractivity (Wildman–Crippen MR) is 121 cm³/mol. The van der Waals surface area contributed by atoms with Crippen molar-refractivity contribution in [2.75, 3.05) is 19.8 Å². The smallest absolute Gasteiger partial charge is 0.336 e. The number of esters is 1. The van der Waals surface area contributed by atoms with Gasteiger partial charge in [0.15, 0.2) is 5.78 Å². The minimum absolute atomic E-state index is 0.0717. The second kappa shape index (κ2) is 9.79. The molecule has 1 aliphatic heterocycles. The largest absolute Gasteiger partial charge is 0.460 e. The summed E-state index contributed by atoms with van der Waals surface area (Å²) in [7, 11) is 0. The summed E-state index contributed by atoms with van der Waals surface area (Å²) in [6, 6.07) is 10.3. The van der Waals surface area contributed by atoms with Crippen LogP contribution >= 0.6 is 11.3 Å². The molecule has 7 heteroatoms. The molecule has 0 unspecified atom stereocenters. The van der Waals surface area contributed by atoms with Crippen LogP contribution in [0.3, 0.4) is 0 Å². The van der Waals surface area contributed by atoms with Crippen LogP contribution in [0.4, 0.5) is 4.39 Å². The van der Waals surface area contributed by atoms with Crippen molar-refractivity contribution < 1.29 is 23.5 Å². The van der Waals surface area contributed by atoms with Gasteiger partial charge in [0, 0.05) is 46.4 Å². The molecule has 4 rings (SSSR count). The van der Waals surface area contributed by atoms with Crippen LogP contribution in [0, 0.1) is 5.82 Å². The lowest BCUT2D eigenvalue weighted by atomic mass is 9.72. The highest BCUT2D eigenvalue weighted by molar-refractivity contribution is 7.10. The van der Waals surface area contributed by atoms with E-state index in [0.29, 0.717) is 36.3 Å². The minimum Gasteiger partial charge on any atom is -0.460 e. The maximum Gasteiger partial charge on any atom is 0.336 e. The number of ether oxygens (including phenoxy) is 2. The molecule has 1 aromatic heterocycles. The van der Waals surface area contributed by atoms with Crippen molar-refractivity contribution in [1.82, 2.24) is 5.32 Å². The molecular weight excluding hydrogens is 429 g/mol. The van der Waals surface area contributed by atoms with Crippen molar-refractivity contribution in [2.45, 2.75) is 38.5 Å². The Kier molecular flexibility index (Phi) is 6.86. The first kappa shape index (κ1) is 22.4. The molecule has 0 saturated heterocycles. The number of Topliss-reactive ketones (excluding diaryl/α,β-unsaturated/α-hetero) is 1. The Labute approximate surface area is 190 Å². The van der Waals surface area contributed by atoms with E-state index in [4.69, 9.17) is 9.47 Å². The maximum absolute atomic E-state index is 14.9. The van der Waals surface area contributed by atoms with Gasteiger partial charge in [-0.05, 0) is 37.8 Å². The Morgan fingerprint density at radius 1 is 1.19 bits per heavy atom. The number of halogens is 1. The van der Waals surface area contributed by atoms with Crippen molar-refractivity contribution in [1.29, 1.82) is 0 Å². The molecule has 0 bridgehead atoms. The number of allylic oxidation sites excluding steroid dienone is 3. The maximum atomic E-state index is 14.9. The van der Waals surface area contributed by atoms with Crippen LogP contribution in [0.25, 0.3) is 0 Å². The van der Waals surface area contributed by atoms with Gasteiger partial charge in [-0.15, -0.1) is 11.3 Å². The zero-order chi connectivity index (χ0) is 22.7. The van der Waals surface area contributed by atoms with E-state index in [0.717, 1.165) is 10.6 Å². The zero-order valence-corrected chi connectivity index (χ0v) is 19.0. The van der Waals surface area contributed by atoms with Gasteiger partial charge in [0.05, 0.1) is 18.1 Å². The Morgan fingerprint density at radius 3 is 2.72 bits per heavy atom. The fourth-order valence-corrected chi connectivity index (χ4v) is 5.30. The highest BCUT2D eigenvalue weighted by Crippen LogP contribution is 2.46. The van der Waals surface area contributed by atoms with Gasteiger partial charge < -0.3 is 14.8 Å². The number of dihydropyridines is 1. The second-order valence-corrected chi connectivity index (χ2v) is 8.87. The quantitative estimate of drug-likeness (QED) is 0.479. The fourth-order valence-electron chi connectivity index (χ4n) is 4.47. The minimum atomic E-state index is -0.802. The summed E-state index contributed by atoms with van der Waals surface area (Å²) < 4.78 is 25.6. The number of nitrogens with one attached hydrogen (secondary N) is 1. The molecule has 0 saturated carbocycles. The van der Waals surface area contributed by atoms with Crippen molar-refractivity contribution >= 4 is 23.1 Å². The van der Waals surface area contributed by atoms with Crippen molar-refractivity contribution in [3.63, 3.8) is 0 Å². The lowest BCUT2D eigenvalue weighted by molar-refractivity contribution is -0.140. The SMILES string of the molecule is CCOCCOC(=O)C1=C(C)NC2=C(C(=O)C[C@H](c3cccs3)C2)[C@H]1c1ccccc1F. The molecule has 0 amide bonds. The average Bonchev–Trinajstić information content (AvgIpc) is 3.31. The highest BCUT2D eigenvalue weighted by Gasteiger charge is 2.42. The monoisotopic (exact) mass is 455 g/mol. The number of ketones is 1. The molecule has 32 heavy (non-hydrogen) atoms. The van der Waals surface area contributed by atoms with E-state index < -0.39 is 17.7 Å². The van der Waals surface area contributed by atoms with Gasteiger partial charge in [0.25, 0.3) is 0 Å². The van der Waals surface area contributed by atoms with E-state index >= 15 is 0 Å². The van der Waals surface area contributed by atoms with E-state index in [1.54, 1.807) is 36.5 Å². The summed E-state index contributed by atoms with van der Waals surface area (Å²) >= 11 is 1.63. The van der Waals surface area contributed by atoms with Gasteiger partial charge in [0.2, 0.25) is 0 Å². The van der Waals surface area contributed by atoms with Gasteiger partial charge in [-0.2, -0.15) is 0 Å². The van der Waals surface area contributed by atoms with Crippen molar-refractivity contribution in [2.24, 2.45) is 0 Å². The molecule has 1 aromatic carbocycles. The molecule has 2 heterocycles. The highest BCUT2D eigenvalue weighted by atomic mass is 32.1. The Hall–Kier alpha value is -2.77. The summed E-state index contributed by atoms with van der Waals surface area (Å²) in [6.45, 7) is 4.53. The van der Waals surface area contributed by atoms with Gasteiger partial charge in [-0.25, -0.2) is 9.18 Å². The van der Waals surface area contributed by atoms with E-state index in [9.17, 15) is 14.0 Å². The molecule has 0 fully saturated rings. The molecular formula is C25H26FNO4S. The molecule has 2 atom stereocenters. The van der Waals surface area contributed by atoms with Gasteiger partial charge in [0.1, 0.15) is 12.4 Å². The summed E-state index contributed by atoms with van der Waals surface area (Å²) in [4.78, 5) is 27.6.